The van der Waals surface area contributed by atoms with Crippen LogP contribution in [0.5, 0.6) is 0 Å². The maximum Gasteiger partial charge on any atom is 0.164 e. The molecular weight excluding hydrogens is 683 g/mol. The summed E-state index contributed by atoms with van der Waals surface area (Å²) < 4.78 is 6.20. The number of aromatic nitrogens is 3. The normalized spacial score (nSPS) is 12.8. The Morgan fingerprint density at radius 1 is 0.321 bits per heavy atom. The summed E-state index contributed by atoms with van der Waals surface area (Å²) in [5, 5.41) is 2.08. The van der Waals surface area contributed by atoms with Crippen LogP contribution in [-0.4, -0.2) is 15.0 Å². The second-order valence-electron chi connectivity index (χ2n) is 14.3. The van der Waals surface area contributed by atoms with Crippen LogP contribution in [0.2, 0.25) is 0 Å². The molecule has 8 aromatic carbocycles. The van der Waals surface area contributed by atoms with E-state index in [-0.39, 0.29) is 0 Å². The van der Waals surface area contributed by atoms with Crippen LogP contribution in [0, 0.1) is 0 Å². The van der Waals surface area contributed by atoms with Gasteiger partial charge in [-0.1, -0.05) is 164 Å². The minimum atomic E-state index is -0.579. The average Bonchev–Trinajstić information content (AvgIpc) is 3.80. The first-order valence-electron chi connectivity index (χ1n) is 18.9. The van der Waals surface area contributed by atoms with E-state index in [0.717, 1.165) is 49.8 Å². The molecule has 2 aromatic heterocycles. The Morgan fingerprint density at radius 2 is 0.875 bits per heavy atom. The van der Waals surface area contributed by atoms with Gasteiger partial charge >= 0.3 is 0 Å². The van der Waals surface area contributed by atoms with E-state index >= 15 is 0 Å². The summed E-state index contributed by atoms with van der Waals surface area (Å²) in [6.45, 7) is 0. The van der Waals surface area contributed by atoms with Crippen molar-refractivity contribution < 1.29 is 4.42 Å². The molecule has 0 saturated carbocycles. The Bertz CT molecular complexity index is 3030. The fourth-order valence-electron chi connectivity index (χ4n) is 8.74. The third-order valence-electron chi connectivity index (χ3n) is 11.2. The monoisotopic (exact) mass is 715 g/mol. The first kappa shape index (κ1) is 32.0. The molecule has 56 heavy (non-hydrogen) atoms. The highest BCUT2D eigenvalue weighted by Crippen LogP contribution is 2.57. The number of hydrogen-bond donors (Lipinski definition) is 0. The van der Waals surface area contributed by atoms with Crippen LogP contribution in [0.4, 0.5) is 0 Å². The fraction of sp³-hybridized carbons (Fsp3) is 0.0192. The fourth-order valence-corrected chi connectivity index (χ4v) is 8.74. The molecule has 0 saturated heterocycles. The summed E-state index contributed by atoms with van der Waals surface area (Å²) in [4.78, 5) is 15.8. The van der Waals surface area contributed by atoms with Gasteiger partial charge < -0.3 is 4.42 Å². The van der Waals surface area contributed by atoms with Crippen LogP contribution in [0.3, 0.4) is 0 Å². The lowest BCUT2D eigenvalue weighted by Gasteiger charge is -2.34. The van der Waals surface area contributed by atoms with E-state index in [1.165, 1.54) is 33.4 Å². The molecule has 0 fully saturated rings. The summed E-state index contributed by atoms with van der Waals surface area (Å²) in [6.07, 6.45) is 0. The number of rotatable bonds is 6. The Hall–Kier alpha value is -7.43. The van der Waals surface area contributed by atoms with E-state index in [2.05, 4.69) is 152 Å². The van der Waals surface area contributed by atoms with Gasteiger partial charge in [0.25, 0.3) is 0 Å². The topological polar surface area (TPSA) is 51.8 Å². The summed E-state index contributed by atoms with van der Waals surface area (Å²) in [7, 11) is 0. The molecule has 1 aliphatic carbocycles. The van der Waals surface area contributed by atoms with Gasteiger partial charge in [-0.2, -0.15) is 0 Å². The zero-order valence-electron chi connectivity index (χ0n) is 30.3. The molecule has 10 aromatic rings. The van der Waals surface area contributed by atoms with Crippen molar-refractivity contribution in [1.82, 2.24) is 15.0 Å². The van der Waals surface area contributed by atoms with Crippen molar-refractivity contribution in [3.8, 4) is 56.4 Å². The number of hydrogen-bond acceptors (Lipinski definition) is 4. The zero-order valence-corrected chi connectivity index (χ0v) is 30.3. The Labute approximate surface area is 324 Å². The first-order valence-corrected chi connectivity index (χ1v) is 18.9. The first-order chi connectivity index (χ1) is 27.8. The van der Waals surface area contributed by atoms with Crippen molar-refractivity contribution in [2.24, 2.45) is 0 Å². The quantitative estimate of drug-likeness (QED) is 0.172. The smallest absolute Gasteiger partial charge is 0.164 e. The van der Waals surface area contributed by atoms with Crippen LogP contribution in [-0.2, 0) is 5.41 Å². The molecule has 0 N–H and O–H groups in total. The molecule has 0 unspecified atom stereocenters. The van der Waals surface area contributed by atoms with Crippen molar-refractivity contribution in [2.75, 3.05) is 0 Å². The predicted molar refractivity (Wildman–Crippen MR) is 226 cm³/mol. The van der Waals surface area contributed by atoms with E-state index < -0.39 is 5.41 Å². The highest BCUT2D eigenvalue weighted by Gasteiger charge is 2.46. The van der Waals surface area contributed by atoms with E-state index in [1.54, 1.807) is 0 Å². The van der Waals surface area contributed by atoms with Crippen LogP contribution in [0.15, 0.2) is 205 Å². The molecular formula is C52H33N3O. The van der Waals surface area contributed by atoms with Crippen LogP contribution < -0.4 is 0 Å². The summed E-state index contributed by atoms with van der Waals surface area (Å²) >= 11 is 0. The van der Waals surface area contributed by atoms with Crippen LogP contribution in [0.1, 0.15) is 22.3 Å². The number of fused-ring (bicyclic) bond motifs is 6. The molecule has 4 nitrogen and oxygen atoms in total. The van der Waals surface area contributed by atoms with Crippen LogP contribution >= 0.6 is 0 Å². The largest absolute Gasteiger partial charge is 0.456 e. The van der Waals surface area contributed by atoms with E-state index in [1.807, 2.05) is 48.5 Å². The average molecular weight is 716 g/mol. The minimum absolute atomic E-state index is 0.579. The second-order valence-corrected chi connectivity index (χ2v) is 14.3. The standard InChI is InChI=1S/C52H33N3O/c1-5-17-34(18-6-1)41-32-42-39-25-13-15-27-45(39)52(37-21-9-3-10-22-37,38-23-11-4-12-24-38)46(42)33-44(41)51-54-49(35-19-7-2-8-20-35)53-50(55-51)36-29-30-48-43(31-36)40-26-14-16-28-47(40)56-48/h1-33H. The van der Waals surface area contributed by atoms with Crippen molar-refractivity contribution >= 4 is 21.9 Å². The van der Waals surface area contributed by atoms with Gasteiger partial charge in [-0.25, -0.2) is 15.0 Å². The highest BCUT2D eigenvalue weighted by molar-refractivity contribution is 6.06. The number of benzene rings is 8. The molecule has 0 bridgehead atoms. The van der Waals surface area contributed by atoms with Crippen molar-refractivity contribution in [3.63, 3.8) is 0 Å². The van der Waals surface area contributed by atoms with Crippen molar-refractivity contribution in [2.45, 2.75) is 5.41 Å². The number of para-hydroxylation sites is 1. The number of nitrogens with zero attached hydrogens (tertiary/aromatic N) is 3. The van der Waals surface area contributed by atoms with Gasteiger partial charge in [0, 0.05) is 27.5 Å². The summed E-state index contributed by atoms with van der Waals surface area (Å²) in [5.41, 5.74) is 13.3. The van der Waals surface area contributed by atoms with Gasteiger partial charge in [0.2, 0.25) is 0 Å². The molecule has 1 aliphatic rings. The van der Waals surface area contributed by atoms with Crippen molar-refractivity contribution in [3.05, 3.63) is 222 Å². The molecule has 2 heterocycles. The van der Waals surface area contributed by atoms with E-state index in [9.17, 15) is 0 Å². The molecule has 0 radical (unpaired) electrons. The lowest BCUT2D eigenvalue weighted by Crippen LogP contribution is -2.28. The van der Waals surface area contributed by atoms with Gasteiger partial charge in [-0.15, -0.1) is 0 Å². The molecule has 4 heteroatoms. The summed E-state index contributed by atoms with van der Waals surface area (Å²) in [6, 6.07) is 70.5. The molecule has 11 rings (SSSR count). The van der Waals surface area contributed by atoms with Crippen molar-refractivity contribution in [1.29, 1.82) is 0 Å². The van der Waals surface area contributed by atoms with Gasteiger partial charge in [0.05, 0.1) is 5.41 Å². The lowest BCUT2D eigenvalue weighted by molar-refractivity contribution is 0.669. The Morgan fingerprint density at radius 3 is 1.59 bits per heavy atom. The van der Waals surface area contributed by atoms with Gasteiger partial charge in [-0.3, -0.25) is 0 Å². The molecule has 0 spiro atoms. The third kappa shape index (κ3) is 4.96. The lowest BCUT2D eigenvalue weighted by atomic mass is 9.67. The summed E-state index contributed by atoms with van der Waals surface area (Å²) in [5.74, 6) is 1.82. The maximum atomic E-state index is 6.20. The molecule has 0 atom stereocenters. The minimum Gasteiger partial charge on any atom is -0.456 e. The maximum absolute atomic E-state index is 6.20. The van der Waals surface area contributed by atoms with Gasteiger partial charge in [-0.05, 0) is 80.9 Å². The molecule has 262 valence electrons. The van der Waals surface area contributed by atoms with E-state index in [4.69, 9.17) is 19.4 Å². The van der Waals surface area contributed by atoms with Crippen LogP contribution in [0.25, 0.3) is 78.4 Å². The van der Waals surface area contributed by atoms with Gasteiger partial charge in [0.15, 0.2) is 17.5 Å². The zero-order chi connectivity index (χ0) is 37.1. The highest BCUT2D eigenvalue weighted by atomic mass is 16.3. The SMILES string of the molecule is c1ccc(-c2nc(-c3ccc4oc5ccccc5c4c3)nc(-c3cc4c(cc3-c3ccccc3)-c3ccccc3C4(c3ccccc3)c3ccccc3)n2)cc1. The predicted octanol–water partition coefficient (Wildman–Crippen LogP) is 12.8. The third-order valence-corrected chi connectivity index (χ3v) is 11.2. The Balaban J connectivity index is 1.23. The molecule has 0 amide bonds. The Kier molecular flexibility index (Phi) is 7.36. The van der Waals surface area contributed by atoms with Gasteiger partial charge in [0.1, 0.15) is 11.2 Å². The molecule has 0 aliphatic heterocycles. The number of furan rings is 1. The second kappa shape index (κ2) is 12.9. The van der Waals surface area contributed by atoms with E-state index in [0.29, 0.717) is 17.5 Å².